The van der Waals surface area contributed by atoms with E-state index in [1.54, 1.807) is 18.2 Å². The molecular formula is C24H24N6O5. The van der Waals surface area contributed by atoms with Crippen molar-refractivity contribution in [1.29, 1.82) is 0 Å². The summed E-state index contributed by atoms with van der Waals surface area (Å²) in [5.74, 6) is -0.862. The van der Waals surface area contributed by atoms with E-state index in [0.29, 0.717) is 23.6 Å². The van der Waals surface area contributed by atoms with E-state index in [2.05, 4.69) is 33.1 Å². The van der Waals surface area contributed by atoms with E-state index in [0.717, 1.165) is 12.0 Å². The Morgan fingerprint density at radius 3 is 2.83 bits per heavy atom. The number of nitrogens with one attached hydrogen (secondary N) is 2. The Bertz CT molecular complexity index is 1280. The minimum absolute atomic E-state index is 0.00514. The molecule has 4 amide bonds. The number of aromatic nitrogens is 3. The fourth-order valence-corrected chi connectivity index (χ4v) is 5.81. The number of carbonyl (C=O) groups excluding carboxylic acids is 4. The third kappa shape index (κ3) is 3.54. The molecule has 11 nitrogen and oxygen atoms in total. The van der Waals surface area contributed by atoms with Crippen molar-refractivity contribution in [3.05, 3.63) is 53.4 Å². The molecule has 0 spiro atoms. The van der Waals surface area contributed by atoms with Crippen LogP contribution in [-0.4, -0.2) is 67.3 Å². The van der Waals surface area contributed by atoms with E-state index in [4.69, 9.17) is 0 Å². The van der Waals surface area contributed by atoms with Gasteiger partial charge in [-0.15, -0.1) is 5.10 Å². The van der Waals surface area contributed by atoms with Gasteiger partial charge in [0.15, 0.2) is 5.69 Å². The second-order valence-electron chi connectivity index (χ2n) is 9.58. The summed E-state index contributed by atoms with van der Waals surface area (Å²) in [5, 5.41) is 23.1. The molecule has 3 heterocycles. The highest BCUT2D eigenvalue weighted by atomic mass is 16.3. The first kappa shape index (κ1) is 21.7. The Morgan fingerprint density at radius 2 is 2.03 bits per heavy atom. The van der Waals surface area contributed by atoms with Gasteiger partial charge in [-0.25, -0.2) is 4.68 Å². The number of imide groups is 1. The fourth-order valence-electron chi connectivity index (χ4n) is 5.81. The number of carbonyl (C=O) groups is 4. The van der Waals surface area contributed by atoms with E-state index < -0.39 is 11.9 Å². The van der Waals surface area contributed by atoms with Gasteiger partial charge in [0, 0.05) is 37.1 Å². The molecule has 2 aliphatic heterocycles. The third-order valence-corrected chi connectivity index (χ3v) is 7.63. The number of allylic oxidation sites excluding steroid dienone is 1. The summed E-state index contributed by atoms with van der Waals surface area (Å²) >= 11 is 0. The maximum Gasteiger partial charge on any atom is 0.273 e. The molecule has 0 radical (unpaired) electrons. The molecule has 1 saturated heterocycles. The highest BCUT2D eigenvalue weighted by molar-refractivity contribution is 6.05. The van der Waals surface area contributed by atoms with Crippen molar-refractivity contribution < 1.29 is 24.3 Å². The number of rotatable bonds is 5. The molecule has 35 heavy (non-hydrogen) atoms. The first-order chi connectivity index (χ1) is 16.9. The van der Waals surface area contributed by atoms with Gasteiger partial charge in [0.05, 0.1) is 11.9 Å². The predicted molar refractivity (Wildman–Crippen MR) is 120 cm³/mol. The van der Waals surface area contributed by atoms with Crippen molar-refractivity contribution in [2.45, 2.75) is 37.9 Å². The molecule has 2 fully saturated rings. The lowest BCUT2D eigenvalue weighted by Crippen LogP contribution is -2.52. The van der Waals surface area contributed by atoms with E-state index >= 15 is 0 Å². The van der Waals surface area contributed by atoms with E-state index in [-0.39, 0.29) is 60.9 Å². The van der Waals surface area contributed by atoms with Gasteiger partial charge in [-0.3, -0.25) is 24.5 Å². The van der Waals surface area contributed by atoms with Crippen LogP contribution in [0.1, 0.15) is 45.7 Å². The van der Waals surface area contributed by atoms with Gasteiger partial charge in [-0.05, 0) is 48.4 Å². The lowest BCUT2D eigenvalue weighted by molar-refractivity contribution is -0.136. The van der Waals surface area contributed by atoms with Crippen LogP contribution in [0.25, 0.3) is 5.69 Å². The van der Waals surface area contributed by atoms with Crippen LogP contribution in [-0.2, 0) is 16.1 Å². The summed E-state index contributed by atoms with van der Waals surface area (Å²) < 4.78 is 1.47. The summed E-state index contributed by atoms with van der Waals surface area (Å²) in [6.45, 7) is 0.267. The molecule has 11 heteroatoms. The molecule has 2 bridgehead atoms. The summed E-state index contributed by atoms with van der Waals surface area (Å²) in [7, 11) is 0. The Hall–Kier alpha value is -3.86. The Balaban J connectivity index is 1.17. The molecule has 3 N–H and O–H groups in total. The average Bonchev–Trinajstić information content (AvgIpc) is 3.63. The minimum Gasteiger partial charge on any atom is -0.396 e. The van der Waals surface area contributed by atoms with Gasteiger partial charge in [0.25, 0.3) is 11.8 Å². The van der Waals surface area contributed by atoms with Crippen molar-refractivity contribution in [3.63, 3.8) is 0 Å². The van der Waals surface area contributed by atoms with Gasteiger partial charge < -0.3 is 15.3 Å². The number of benzene rings is 1. The molecule has 1 unspecified atom stereocenters. The largest absolute Gasteiger partial charge is 0.396 e. The van der Waals surface area contributed by atoms with Gasteiger partial charge in [-0.1, -0.05) is 17.4 Å². The van der Waals surface area contributed by atoms with Crippen molar-refractivity contribution >= 4 is 23.6 Å². The van der Waals surface area contributed by atoms with Crippen molar-refractivity contribution in [3.8, 4) is 5.69 Å². The zero-order chi connectivity index (χ0) is 24.3. The molecule has 6 rings (SSSR count). The van der Waals surface area contributed by atoms with Crippen molar-refractivity contribution in [1.82, 2.24) is 30.5 Å². The maximum atomic E-state index is 12.9. The number of hydrogen-bond acceptors (Lipinski definition) is 7. The number of nitrogens with zero attached hydrogens (tertiary/aromatic N) is 4. The van der Waals surface area contributed by atoms with Gasteiger partial charge in [0.2, 0.25) is 11.8 Å². The second kappa shape index (κ2) is 8.12. The normalized spacial score (nSPS) is 29.0. The standard InChI is InChI=1S/C24H24N6O5/c31-11-17-12-1-2-13(7-12)21(17)26-22(33)18-10-30(28-27-18)15-3-4-16-14(8-15)9-29(24(16)35)19-5-6-20(32)25-23(19)34/h1-4,8,10,12-13,17,19,21,31H,5-7,9,11H2,(H,26,33)(H,25,32,34)/t12-,13+,17+,19?,21-/m1/s1. The molecule has 1 aromatic carbocycles. The number of aliphatic hydroxyl groups excluding tert-OH is 1. The molecule has 4 aliphatic rings. The van der Waals surface area contributed by atoms with Crippen LogP contribution in [0.2, 0.25) is 0 Å². The lowest BCUT2D eigenvalue weighted by atomic mass is 9.89. The van der Waals surface area contributed by atoms with Crippen molar-refractivity contribution in [2.24, 2.45) is 17.8 Å². The topological polar surface area (TPSA) is 147 Å². The van der Waals surface area contributed by atoms with Crippen LogP contribution < -0.4 is 10.6 Å². The van der Waals surface area contributed by atoms with Crippen LogP contribution in [0.15, 0.2) is 36.5 Å². The van der Waals surface area contributed by atoms with Gasteiger partial charge >= 0.3 is 0 Å². The van der Waals surface area contributed by atoms with Crippen molar-refractivity contribution in [2.75, 3.05) is 6.61 Å². The number of hydrogen-bond donors (Lipinski definition) is 3. The Kier molecular flexibility index (Phi) is 5.03. The summed E-state index contributed by atoms with van der Waals surface area (Å²) in [4.78, 5) is 50.9. The minimum atomic E-state index is -0.679. The predicted octanol–water partition coefficient (Wildman–Crippen LogP) is -0.0589. The number of amides is 4. The smallest absolute Gasteiger partial charge is 0.273 e. The van der Waals surface area contributed by atoms with Crippen LogP contribution in [0.4, 0.5) is 0 Å². The van der Waals surface area contributed by atoms with Crippen LogP contribution in [0.5, 0.6) is 0 Å². The number of piperidine rings is 1. The van der Waals surface area contributed by atoms with Gasteiger partial charge in [0.1, 0.15) is 6.04 Å². The molecular weight excluding hydrogens is 452 g/mol. The zero-order valence-corrected chi connectivity index (χ0v) is 18.8. The summed E-state index contributed by atoms with van der Waals surface area (Å²) in [6.07, 6.45) is 7.18. The van der Waals surface area contributed by atoms with Gasteiger partial charge in [-0.2, -0.15) is 0 Å². The quantitative estimate of drug-likeness (QED) is 0.405. The van der Waals surface area contributed by atoms with Crippen LogP contribution >= 0.6 is 0 Å². The van der Waals surface area contributed by atoms with Crippen LogP contribution in [0, 0.1) is 17.8 Å². The number of aliphatic hydroxyl groups is 1. The molecule has 1 aromatic heterocycles. The highest BCUT2D eigenvalue weighted by Gasteiger charge is 2.45. The van der Waals surface area contributed by atoms with E-state index in [9.17, 15) is 24.3 Å². The van der Waals surface area contributed by atoms with Crippen LogP contribution in [0.3, 0.4) is 0 Å². The molecule has 5 atom stereocenters. The first-order valence-corrected chi connectivity index (χ1v) is 11.7. The van der Waals surface area contributed by atoms with E-state index in [1.165, 1.54) is 15.8 Å². The summed E-state index contributed by atoms with van der Waals surface area (Å²) in [5.41, 5.74) is 2.02. The monoisotopic (exact) mass is 476 g/mol. The maximum absolute atomic E-state index is 12.9. The molecule has 2 aromatic rings. The lowest BCUT2D eigenvalue weighted by Gasteiger charge is -2.29. The first-order valence-electron chi connectivity index (χ1n) is 11.7. The molecule has 2 aliphatic carbocycles. The molecule has 1 saturated carbocycles. The average molecular weight is 476 g/mol. The molecule has 180 valence electrons. The Labute approximate surface area is 200 Å². The third-order valence-electron chi connectivity index (χ3n) is 7.63. The SMILES string of the molecule is O=C1CCC(N2Cc3cc(-n4cc(C(=O)N[C@H]5[C@@H](CO)[C@@H]6C=C[C@H]5C6)nn4)ccc3C2=O)C(=O)N1. The number of fused-ring (bicyclic) bond motifs is 3. The Morgan fingerprint density at radius 1 is 1.20 bits per heavy atom. The fraction of sp³-hybridized carbons (Fsp3) is 0.417. The van der Waals surface area contributed by atoms with E-state index in [1.807, 2.05) is 0 Å². The highest BCUT2D eigenvalue weighted by Crippen LogP contribution is 2.43. The summed E-state index contributed by atoms with van der Waals surface area (Å²) in [6, 6.07) is 4.37. The zero-order valence-electron chi connectivity index (χ0n) is 18.8. The second-order valence-corrected chi connectivity index (χ2v) is 9.58.